The van der Waals surface area contributed by atoms with Gasteiger partial charge in [-0.15, -0.1) is 24.8 Å². The third-order valence-corrected chi connectivity index (χ3v) is 6.00. The second kappa shape index (κ2) is 13.1. The highest BCUT2D eigenvalue weighted by molar-refractivity contribution is 5.85. The zero-order valence-corrected chi connectivity index (χ0v) is 22.4. The fourth-order valence-electron chi connectivity index (χ4n) is 4.34. The van der Waals surface area contributed by atoms with Crippen molar-refractivity contribution < 1.29 is 35.9 Å². The summed E-state index contributed by atoms with van der Waals surface area (Å²) in [6.45, 7) is 1.17. The van der Waals surface area contributed by atoms with E-state index in [1.165, 1.54) is 0 Å². The first kappa shape index (κ1) is 33.1. The number of aryl methyl sites for hydroxylation is 1. The van der Waals surface area contributed by atoms with Gasteiger partial charge in [0, 0.05) is 0 Å². The van der Waals surface area contributed by atoms with Crippen molar-refractivity contribution in [1.29, 1.82) is 0 Å². The Kier molecular flexibility index (Phi) is 10.8. The number of alkyl halides is 6. The van der Waals surface area contributed by atoms with E-state index in [2.05, 4.69) is 20.5 Å². The van der Waals surface area contributed by atoms with Gasteiger partial charge in [-0.05, 0) is 36.2 Å². The number of amides is 1. The summed E-state index contributed by atoms with van der Waals surface area (Å²) >= 11 is 0. The standard InChI is InChI=1S/C24H23F6N5O3.2ClH/c1-13-2-4-15(5-3-13)21-18(31-20(36)10-35(21)9-19-32-22(37)34-33-19)12-38-11-14-6-16(23(25,26)27)8-17(7-14)24(28,29)30;;/h2-8,18,21H,9-12H2,1H3,(H,31,36)(H2,32,33,34,37);2*1H/t18-,21+;;/m1../s1. The minimum atomic E-state index is -4.97. The summed E-state index contributed by atoms with van der Waals surface area (Å²) in [7, 11) is 0. The molecular weight excluding hydrogens is 591 g/mol. The summed E-state index contributed by atoms with van der Waals surface area (Å²) in [4.78, 5) is 28.2. The number of halogens is 8. The summed E-state index contributed by atoms with van der Waals surface area (Å²) in [5.41, 5.74) is -1.95. The molecule has 2 atom stereocenters. The van der Waals surface area contributed by atoms with Crippen LogP contribution in [-0.4, -0.2) is 45.2 Å². The molecule has 1 aromatic heterocycles. The van der Waals surface area contributed by atoms with E-state index in [-0.39, 0.29) is 67.9 Å². The van der Waals surface area contributed by atoms with Crippen molar-refractivity contribution in [2.75, 3.05) is 13.2 Å². The number of carbonyl (C=O) groups is 1. The number of hydrogen-bond acceptors (Lipinski definition) is 5. The van der Waals surface area contributed by atoms with Crippen LogP contribution in [0.15, 0.2) is 47.3 Å². The van der Waals surface area contributed by atoms with Crippen molar-refractivity contribution in [3.8, 4) is 0 Å². The molecule has 0 aliphatic carbocycles. The Morgan fingerprint density at radius 1 is 0.975 bits per heavy atom. The highest BCUT2D eigenvalue weighted by atomic mass is 35.5. The van der Waals surface area contributed by atoms with E-state index in [0.717, 1.165) is 11.1 Å². The summed E-state index contributed by atoms with van der Waals surface area (Å²) in [6.07, 6.45) is -9.95. The van der Waals surface area contributed by atoms with Crippen LogP contribution in [0.25, 0.3) is 0 Å². The zero-order chi connectivity index (χ0) is 27.7. The van der Waals surface area contributed by atoms with Crippen molar-refractivity contribution in [2.24, 2.45) is 0 Å². The van der Waals surface area contributed by atoms with Crippen LogP contribution in [0.2, 0.25) is 0 Å². The molecular formula is C24H25Cl2F6N5O3. The Morgan fingerprint density at radius 3 is 2.10 bits per heavy atom. The Labute approximate surface area is 236 Å². The molecule has 2 heterocycles. The Balaban J connectivity index is 0.00000280. The molecule has 40 heavy (non-hydrogen) atoms. The lowest BCUT2D eigenvalue weighted by Gasteiger charge is -2.41. The first-order valence-corrected chi connectivity index (χ1v) is 11.4. The lowest BCUT2D eigenvalue weighted by atomic mass is 9.94. The molecule has 1 amide bonds. The van der Waals surface area contributed by atoms with Crippen molar-refractivity contribution >= 4 is 30.7 Å². The number of carbonyl (C=O) groups excluding carboxylic acids is 1. The van der Waals surface area contributed by atoms with Crippen LogP contribution in [-0.2, 0) is 35.0 Å². The van der Waals surface area contributed by atoms with Crippen LogP contribution in [0.3, 0.4) is 0 Å². The van der Waals surface area contributed by atoms with Crippen molar-refractivity contribution in [3.63, 3.8) is 0 Å². The SMILES string of the molecule is Cc1ccc([C@H]2[C@@H](COCc3cc(C(F)(F)F)cc(C(F)(F)F)c3)NC(=O)CN2Cc2n[nH]c(=O)[nH]2)cc1.Cl.Cl. The van der Waals surface area contributed by atoms with Gasteiger partial charge in [-0.3, -0.25) is 14.7 Å². The largest absolute Gasteiger partial charge is 0.416 e. The van der Waals surface area contributed by atoms with Gasteiger partial charge in [-0.1, -0.05) is 29.8 Å². The van der Waals surface area contributed by atoms with Gasteiger partial charge < -0.3 is 10.1 Å². The highest BCUT2D eigenvalue weighted by Crippen LogP contribution is 2.36. The van der Waals surface area contributed by atoms with Gasteiger partial charge in [0.15, 0.2) is 0 Å². The molecule has 4 rings (SSSR count). The summed E-state index contributed by atoms with van der Waals surface area (Å²) in [5.74, 6) is -0.0941. The Bertz CT molecular complexity index is 1310. The first-order chi connectivity index (χ1) is 17.8. The van der Waals surface area contributed by atoms with E-state index in [0.29, 0.717) is 12.1 Å². The number of ether oxygens (including phenoxy) is 1. The summed E-state index contributed by atoms with van der Waals surface area (Å²) in [6, 6.07) is 7.45. The van der Waals surface area contributed by atoms with Crippen molar-refractivity contribution in [2.45, 2.75) is 44.5 Å². The highest BCUT2D eigenvalue weighted by Gasteiger charge is 2.38. The molecule has 1 saturated heterocycles. The minimum absolute atomic E-state index is 0. The molecule has 1 fully saturated rings. The molecule has 16 heteroatoms. The van der Waals surface area contributed by atoms with E-state index in [9.17, 15) is 35.9 Å². The monoisotopic (exact) mass is 615 g/mol. The average molecular weight is 616 g/mol. The first-order valence-electron chi connectivity index (χ1n) is 11.4. The van der Waals surface area contributed by atoms with E-state index < -0.39 is 47.9 Å². The molecule has 1 aliphatic heterocycles. The van der Waals surface area contributed by atoms with E-state index in [4.69, 9.17) is 4.74 Å². The van der Waals surface area contributed by atoms with E-state index in [1.54, 1.807) is 4.90 Å². The number of aromatic amines is 2. The van der Waals surface area contributed by atoms with Gasteiger partial charge in [-0.25, -0.2) is 9.89 Å². The van der Waals surface area contributed by atoms with Crippen LogP contribution in [0.1, 0.15) is 39.7 Å². The molecule has 0 spiro atoms. The molecule has 0 radical (unpaired) electrons. The summed E-state index contributed by atoms with van der Waals surface area (Å²) in [5, 5.41) is 8.92. The number of aromatic nitrogens is 3. The average Bonchev–Trinajstić information content (AvgIpc) is 3.23. The van der Waals surface area contributed by atoms with Crippen LogP contribution in [0.5, 0.6) is 0 Å². The van der Waals surface area contributed by atoms with Gasteiger partial charge in [0.05, 0.1) is 49.5 Å². The van der Waals surface area contributed by atoms with E-state index >= 15 is 0 Å². The van der Waals surface area contributed by atoms with Crippen molar-refractivity contribution in [1.82, 2.24) is 25.4 Å². The van der Waals surface area contributed by atoms with Gasteiger partial charge in [0.25, 0.3) is 0 Å². The Hall–Kier alpha value is -3.07. The topological polar surface area (TPSA) is 103 Å². The normalized spacial score (nSPS) is 18.0. The maximum Gasteiger partial charge on any atom is 0.416 e. The van der Waals surface area contributed by atoms with Crippen LogP contribution >= 0.6 is 24.8 Å². The molecule has 3 aromatic rings. The predicted octanol–water partition coefficient (Wildman–Crippen LogP) is 4.55. The second-order valence-corrected chi connectivity index (χ2v) is 8.99. The number of piperazine rings is 1. The third kappa shape index (κ3) is 8.22. The molecule has 0 unspecified atom stereocenters. The molecule has 2 aromatic carbocycles. The summed E-state index contributed by atoms with van der Waals surface area (Å²) < 4.78 is 84.7. The maximum absolute atomic E-state index is 13.2. The molecule has 220 valence electrons. The fourth-order valence-corrected chi connectivity index (χ4v) is 4.34. The third-order valence-electron chi connectivity index (χ3n) is 6.00. The number of rotatable bonds is 7. The zero-order valence-electron chi connectivity index (χ0n) is 20.7. The minimum Gasteiger partial charge on any atom is -0.375 e. The smallest absolute Gasteiger partial charge is 0.375 e. The number of nitrogens with one attached hydrogen (secondary N) is 3. The lowest BCUT2D eigenvalue weighted by molar-refractivity contribution is -0.143. The van der Waals surface area contributed by atoms with E-state index in [1.807, 2.05) is 31.2 Å². The quantitative estimate of drug-likeness (QED) is 0.339. The van der Waals surface area contributed by atoms with Crippen LogP contribution < -0.4 is 11.0 Å². The van der Waals surface area contributed by atoms with Gasteiger partial charge in [0.2, 0.25) is 5.91 Å². The molecule has 8 nitrogen and oxygen atoms in total. The second-order valence-electron chi connectivity index (χ2n) is 8.99. The van der Waals surface area contributed by atoms with Crippen molar-refractivity contribution in [3.05, 3.63) is 86.6 Å². The maximum atomic E-state index is 13.2. The molecule has 0 bridgehead atoms. The molecule has 1 aliphatic rings. The number of nitrogens with zero attached hydrogens (tertiary/aromatic N) is 2. The fraction of sp³-hybridized carbons (Fsp3) is 0.375. The van der Waals surface area contributed by atoms with Crippen LogP contribution in [0.4, 0.5) is 26.3 Å². The predicted molar refractivity (Wildman–Crippen MR) is 136 cm³/mol. The number of hydrogen-bond donors (Lipinski definition) is 3. The van der Waals surface area contributed by atoms with Crippen LogP contribution in [0, 0.1) is 6.92 Å². The molecule has 3 N–H and O–H groups in total. The van der Waals surface area contributed by atoms with Gasteiger partial charge in [0.1, 0.15) is 5.82 Å². The molecule has 0 saturated carbocycles. The van der Waals surface area contributed by atoms with Gasteiger partial charge >= 0.3 is 18.0 Å². The lowest BCUT2D eigenvalue weighted by Crippen LogP contribution is -2.57. The van der Waals surface area contributed by atoms with Gasteiger partial charge in [-0.2, -0.15) is 31.4 Å². The number of H-pyrrole nitrogens is 2. The Morgan fingerprint density at radius 2 is 1.57 bits per heavy atom. The number of benzene rings is 2.